The number of hydrogen-bond donors (Lipinski definition) is 2. The molecule has 1 aromatic carbocycles. The molecule has 35 heavy (non-hydrogen) atoms. The highest BCUT2D eigenvalue weighted by Crippen LogP contribution is 2.35. The molecule has 3 aromatic heterocycles. The number of nitrogens with one attached hydrogen (secondary N) is 2. The molecular weight excluding hydrogens is 444 g/mol. The van der Waals surface area contributed by atoms with E-state index in [4.69, 9.17) is 20.3 Å². The maximum atomic E-state index is 12.2. The number of aryl methyl sites for hydroxylation is 1. The van der Waals surface area contributed by atoms with Crippen LogP contribution in [0.5, 0.6) is 5.75 Å². The number of fused-ring (bicyclic) bond motifs is 1. The minimum atomic E-state index is -0.609. The van der Waals surface area contributed by atoms with E-state index in [2.05, 4.69) is 32.5 Å². The standard InChI is InChI=1S/C27H28N4O4/c1-6-7-20(29-26(32)35-27(3,4)5)16-34-21-13-23(25(28-14-21)19-10-11-33-15-19)18-8-9-24-22(12-18)17(2)30-31-24/h1,8-15,20H,7,16H2,2-5H3,(H,29,32)(H,30,31)/t20-/m0/s1. The Balaban J connectivity index is 1.60. The molecule has 2 N–H and O–H groups in total. The molecule has 0 aliphatic carbocycles. The van der Waals surface area contributed by atoms with Crippen LogP contribution in [-0.2, 0) is 4.74 Å². The number of terminal acetylenes is 1. The van der Waals surface area contributed by atoms with E-state index in [0.29, 0.717) is 12.2 Å². The van der Waals surface area contributed by atoms with Crippen molar-refractivity contribution in [3.8, 4) is 40.5 Å². The lowest BCUT2D eigenvalue weighted by molar-refractivity contribution is 0.0489. The Labute approximate surface area is 204 Å². The summed E-state index contributed by atoms with van der Waals surface area (Å²) in [4.78, 5) is 16.9. The summed E-state index contributed by atoms with van der Waals surface area (Å²) in [6.45, 7) is 7.53. The number of carbonyl (C=O) groups excluding carboxylic acids is 1. The summed E-state index contributed by atoms with van der Waals surface area (Å²) in [6.07, 6.45) is 10.2. The van der Waals surface area contributed by atoms with Crippen LogP contribution in [0.2, 0.25) is 0 Å². The van der Waals surface area contributed by atoms with Crippen molar-refractivity contribution in [2.75, 3.05) is 6.61 Å². The average Bonchev–Trinajstić information content (AvgIpc) is 3.46. The van der Waals surface area contributed by atoms with Gasteiger partial charge >= 0.3 is 6.09 Å². The quantitative estimate of drug-likeness (QED) is 0.345. The Morgan fingerprint density at radius 2 is 2.09 bits per heavy atom. The van der Waals surface area contributed by atoms with Crippen LogP contribution in [0, 0.1) is 19.3 Å². The number of pyridine rings is 1. The number of amides is 1. The lowest BCUT2D eigenvalue weighted by Crippen LogP contribution is -2.42. The molecule has 0 radical (unpaired) electrons. The summed E-state index contributed by atoms with van der Waals surface area (Å²) >= 11 is 0. The van der Waals surface area contributed by atoms with Gasteiger partial charge in [0.15, 0.2) is 0 Å². The highest BCUT2D eigenvalue weighted by molar-refractivity contribution is 5.90. The highest BCUT2D eigenvalue weighted by atomic mass is 16.6. The van der Waals surface area contributed by atoms with Gasteiger partial charge in [0, 0.05) is 22.9 Å². The fourth-order valence-electron chi connectivity index (χ4n) is 3.65. The molecule has 1 amide bonds. The Morgan fingerprint density at radius 1 is 1.26 bits per heavy atom. The molecule has 180 valence electrons. The second-order valence-corrected chi connectivity index (χ2v) is 9.21. The molecule has 0 bridgehead atoms. The number of aromatic nitrogens is 3. The minimum Gasteiger partial charge on any atom is -0.490 e. The van der Waals surface area contributed by atoms with Gasteiger partial charge in [-0.3, -0.25) is 10.1 Å². The Morgan fingerprint density at radius 3 is 2.80 bits per heavy atom. The van der Waals surface area contributed by atoms with Crippen molar-refractivity contribution in [3.63, 3.8) is 0 Å². The van der Waals surface area contributed by atoms with Gasteiger partial charge in [0.2, 0.25) is 0 Å². The number of aromatic amines is 1. The molecule has 0 spiro atoms. The first-order valence-electron chi connectivity index (χ1n) is 11.3. The lowest BCUT2D eigenvalue weighted by Gasteiger charge is -2.23. The third-order valence-electron chi connectivity index (χ3n) is 5.26. The number of carbonyl (C=O) groups is 1. The second-order valence-electron chi connectivity index (χ2n) is 9.21. The number of alkyl carbamates (subject to hydrolysis) is 1. The maximum absolute atomic E-state index is 12.2. The highest BCUT2D eigenvalue weighted by Gasteiger charge is 2.20. The predicted octanol–water partition coefficient (Wildman–Crippen LogP) is 5.49. The van der Waals surface area contributed by atoms with Crippen LogP contribution in [0.25, 0.3) is 33.3 Å². The number of benzene rings is 1. The van der Waals surface area contributed by atoms with Crippen molar-refractivity contribution in [1.82, 2.24) is 20.5 Å². The van der Waals surface area contributed by atoms with Crippen LogP contribution in [0.3, 0.4) is 0 Å². The Bertz CT molecular complexity index is 1360. The molecule has 0 saturated carbocycles. The van der Waals surface area contributed by atoms with Crippen LogP contribution < -0.4 is 10.1 Å². The molecule has 4 rings (SSSR count). The van der Waals surface area contributed by atoms with E-state index in [-0.39, 0.29) is 6.61 Å². The number of nitrogens with zero attached hydrogens (tertiary/aromatic N) is 2. The lowest BCUT2D eigenvalue weighted by atomic mass is 9.99. The van der Waals surface area contributed by atoms with E-state index in [1.54, 1.807) is 39.5 Å². The third kappa shape index (κ3) is 5.82. The van der Waals surface area contributed by atoms with Crippen LogP contribution in [0.1, 0.15) is 32.9 Å². The first-order valence-corrected chi connectivity index (χ1v) is 11.3. The normalized spacial score (nSPS) is 12.2. The molecule has 0 unspecified atom stereocenters. The zero-order valence-electron chi connectivity index (χ0n) is 20.2. The van der Waals surface area contributed by atoms with Crippen LogP contribution >= 0.6 is 0 Å². The molecule has 0 fully saturated rings. The van der Waals surface area contributed by atoms with Crippen molar-refractivity contribution >= 4 is 17.0 Å². The zero-order valence-corrected chi connectivity index (χ0v) is 20.2. The number of rotatable bonds is 7. The first-order chi connectivity index (χ1) is 16.7. The summed E-state index contributed by atoms with van der Waals surface area (Å²) in [5.74, 6) is 3.12. The number of H-pyrrole nitrogens is 1. The van der Waals surface area contributed by atoms with Gasteiger partial charge in [-0.1, -0.05) is 6.07 Å². The Hall–Kier alpha value is -4.25. The van der Waals surface area contributed by atoms with Gasteiger partial charge in [-0.05, 0) is 57.5 Å². The van der Waals surface area contributed by atoms with Crippen LogP contribution in [0.4, 0.5) is 4.79 Å². The van der Waals surface area contributed by atoms with Crippen molar-refractivity contribution in [1.29, 1.82) is 0 Å². The van der Waals surface area contributed by atoms with Gasteiger partial charge < -0.3 is 19.2 Å². The van der Waals surface area contributed by atoms with Gasteiger partial charge in [0.25, 0.3) is 0 Å². The van der Waals surface area contributed by atoms with E-state index in [1.165, 1.54) is 0 Å². The molecule has 8 nitrogen and oxygen atoms in total. The third-order valence-corrected chi connectivity index (χ3v) is 5.26. The topological polar surface area (TPSA) is 102 Å². The molecule has 0 aliphatic heterocycles. The fraction of sp³-hybridized carbons (Fsp3) is 0.296. The summed E-state index contributed by atoms with van der Waals surface area (Å²) in [5, 5.41) is 11.1. The summed E-state index contributed by atoms with van der Waals surface area (Å²) in [5.41, 5.74) is 4.72. The number of furan rings is 1. The smallest absolute Gasteiger partial charge is 0.408 e. The van der Waals surface area contributed by atoms with E-state index < -0.39 is 17.7 Å². The summed E-state index contributed by atoms with van der Waals surface area (Å²) < 4.78 is 16.6. The second kappa shape index (κ2) is 9.94. The predicted molar refractivity (Wildman–Crippen MR) is 134 cm³/mol. The van der Waals surface area contributed by atoms with E-state index >= 15 is 0 Å². The van der Waals surface area contributed by atoms with Crippen molar-refractivity contribution in [3.05, 3.63) is 54.7 Å². The van der Waals surface area contributed by atoms with Crippen LogP contribution in [0.15, 0.2) is 53.5 Å². The first kappa shape index (κ1) is 23.9. The number of hydrogen-bond acceptors (Lipinski definition) is 6. The van der Waals surface area contributed by atoms with E-state index in [9.17, 15) is 4.79 Å². The molecule has 0 aliphatic rings. The molecule has 0 saturated heterocycles. The largest absolute Gasteiger partial charge is 0.490 e. The van der Waals surface area contributed by atoms with E-state index in [1.807, 2.05) is 31.2 Å². The SMILES string of the molecule is C#CC[C@@H](COc1cnc(-c2ccoc2)c(-c2ccc3[nH]nc(C)c3c2)c1)NC(=O)OC(C)(C)C. The van der Waals surface area contributed by atoms with Gasteiger partial charge in [0.1, 0.15) is 18.0 Å². The van der Waals surface area contributed by atoms with Crippen molar-refractivity contribution in [2.45, 2.75) is 45.8 Å². The minimum absolute atomic E-state index is 0.162. The molecule has 4 aromatic rings. The molecule has 8 heteroatoms. The summed E-state index contributed by atoms with van der Waals surface area (Å²) in [6, 6.07) is 9.44. The van der Waals surface area contributed by atoms with Gasteiger partial charge in [-0.2, -0.15) is 5.10 Å². The van der Waals surface area contributed by atoms with Crippen molar-refractivity contribution < 1.29 is 18.7 Å². The summed E-state index contributed by atoms with van der Waals surface area (Å²) in [7, 11) is 0. The van der Waals surface area contributed by atoms with Crippen LogP contribution in [-0.4, -0.2) is 39.5 Å². The number of ether oxygens (including phenoxy) is 2. The van der Waals surface area contributed by atoms with Gasteiger partial charge in [-0.15, -0.1) is 12.3 Å². The average molecular weight is 473 g/mol. The molecule has 3 heterocycles. The maximum Gasteiger partial charge on any atom is 0.408 e. The van der Waals surface area contributed by atoms with Gasteiger partial charge in [0.05, 0.1) is 41.7 Å². The Kier molecular flexibility index (Phi) is 6.78. The monoisotopic (exact) mass is 472 g/mol. The molecule has 1 atom stereocenters. The molecular formula is C27H28N4O4. The van der Waals surface area contributed by atoms with E-state index in [0.717, 1.165) is 39.0 Å². The van der Waals surface area contributed by atoms with Crippen molar-refractivity contribution in [2.24, 2.45) is 0 Å². The zero-order chi connectivity index (χ0) is 25.0. The van der Waals surface area contributed by atoms with Gasteiger partial charge in [-0.25, -0.2) is 4.79 Å². The fourth-order valence-corrected chi connectivity index (χ4v) is 3.65.